The molecule has 0 bridgehead atoms. The number of aliphatic hydroxyl groups excluding tert-OH is 1. The van der Waals surface area contributed by atoms with Crippen molar-refractivity contribution in [2.75, 3.05) is 0 Å². The Morgan fingerprint density at radius 1 is 1.45 bits per heavy atom. The number of aliphatic hydroxyl groups is 1. The number of hydrogen-bond acceptors (Lipinski definition) is 2. The van der Waals surface area contributed by atoms with Crippen molar-refractivity contribution in [3.05, 3.63) is 28.3 Å². The molecule has 1 aromatic carbocycles. The van der Waals surface area contributed by atoms with E-state index in [0.717, 1.165) is 5.56 Å². The summed E-state index contributed by atoms with van der Waals surface area (Å²) < 4.78 is 0. The van der Waals surface area contributed by atoms with Crippen LogP contribution in [-0.4, -0.2) is 10.2 Å². The van der Waals surface area contributed by atoms with Gasteiger partial charge in [0.2, 0.25) is 0 Å². The topological polar surface area (TPSA) is 40.5 Å². The Morgan fingerprint density at radius 2 is 2.09 bits per heavy atom. The maximum atomic E-state index is 9.11. The third kappa shape index (κ3) is 1.64. The highest BCUT2D eigenvalue weighted by molar-refractivity contribution is 6.32. The Morgan fingerprint density at radius 3 is 2.64 bits per heavy atom. The monoisotopic (exact) mass is 172 g/mol. The molecule has 60 valence electrons. The molecule has 0 saturated carbocycles. The van der Waals surface area contributed by atoms with Gasteiger partial charge in [-0.05, 0) is 30.2 Å². The molecule has 11 heavy (non-hydrogen) atoms. The van der Waals surface area contributed by atoms with Crippen molar-refractivity contribution in [3.8, 4) is 5.75 Å². The van der Waals surface area contributed by atoms with Gasteiger partial charge in [-0.1, -0.05) is 11.6 Å². The number of aryl methyl sites for hydroxylation is 1. The van der Waals surface area contributed by atoms with Crippen molar-refractivity contribution >= 4 is 11.6 Å². The molecule has 0 aliphatic rings. The summed E-state index contributed by atoms with van der Waals surface area (Å²) in [7, 11) is 0. The van der Waals surface area contributed by atoms with Gasteiger partial charge in [-0.3, -0.25) is 0 Å². The number of aromatic hydroxyl groups is 1. The van der Waals surface area contributed by atoms with Crippen molar-refractivity contribution < 1.29 is 10.2 Å². The lowest BCUT2D eigenvalue weighted by Gasteiger charge is -2.03. The van der Waals surface area contributed by atoms with Crippen LogP contribution in [0.5, 0.6) is 5.75 Å². The SMILES string of the molecule is Cc1cc(Cl)c(O)cc1CO. The largest absolute Gasteiger partial charge is 0.506 e. The van der Waals surface area contributed by atoms with Crippen LogP contribution in [0.4, 0.5) is 0 Å². The van der Waals surface area contributed by atoms with Crippen LogP contribution in [0, 0.1) is 6.92 Å². The minimum Gasteiger partial charge on any atom is -0.506 e. The van der Waals surface area contributed by atoms with E-state index >= 15 is 0 Å². The minimum atomic E-state index is -0.0729. The molecular weight excluding hydrogens is 164 g/mol. The van der Waals surface area contributed by atoms with Gasteiger partial charge in [0.1, 0.15) is 5.75 Å². The first-order valence-corrected chi connectivity index (χ1v) is 3.62. The predicted octanol–water partition coefficient (Wildman–Crippen LogP) is 1.85. The van der Waals surface area contributed by atoms with Crippen LogP contribution in [0.3, 0.4) is 0 Å². The van der Waals surface area contributed by atoms with Crippen LogP contribution < -0.4 is 0 Å². The predicted molar refractivity (Wildman–Crippen MR) is 43.8 cm³/mol. The molecule has 0 amide bonds. The van der Waals surface area contributed by atoms with Crippen LogP contribution >= 0.6 is 11.6 Å². The zero-order valence-electron chi connectivity index (χ0n) is 6.13. The molecule has 0 saturated heterocycles. The van der Waals surface area contributed by atoms with E-state index in [9.17, 15) is 0 Å². The molecule has 0 aliphatic heterocycles. The van der Waals surface area contributed by atoms with Crippen LogP contribution in [0.15, 0.2) is 12.1 Å². The molecule has 0 radical (unpaired) electrons. The molecule has 0 aromatic heterocycles. The fourth-order valence-corrected chi connectivity index (χ4v) is 1.09. The van der Waals surface area contributed by atoms with Crippen molar-refractivity contribution in [1.82, 2.24) is 0 Å². The molecule has 0 heterocycles. The highest BCUT2D eigenvalue weighted by Crippen LogP contribution is 2.26. The van der Waals surface area contributed by atoms with Gasteiger partial charge in [0, 0.05) is 0 Å². The zero-order valence-corrected chi connectivity index (χ0v) is 6.89. The molecule has 1 aromatic rings. The highest BCUT2D eigenvalue weighted by atomic mass is 35.5. The van der Waals surface area contributed by atoms with E-state index in [0.29, 0.717) is 10.6 Å². The first-order valence-electron chi connectivity index (χ1n) is 3.24. The summed E-state index contributed by atoms with van der Waals surface area (Å²) in [5.41, 5.74) is 1.59. The van der Waals surface area contributed by atoms with E-state index < -0.39 is 0 Å². The molecule has 0 aliphatic carbocycles. The van der Waals surface area contributed by atoms with Crippen LogP contribution in [0.25, 0.3) is 0 Å². The molecule has 0 fully saturated rings. The summed E-state index contributed by atoms with van der Waals surface area (Å²) in [5, 5.41) is 18.2. The van der Waals surface area contributed by atoms with Gasteiger partial charge in [0.05, 0.1) is 11.6 Å². The van der Waals surface area contributed by atoms with Gasteiger partial charge in [0.15, 0.2) is 0 Å². The second kappa shape index (κ2) is 3.11. The van der Waals surface area contributed by atoms with Gasteiger partial charge < -0.3 is 10.2 Å². The van der Waals surface area contributed by atoms with Crippen LogP contribution in [0.1, 0.15) is 11.1 Å². The quantitative estimate of drug-likeness (QED) is 0.679. The van der Waals surface area contributed by atoms with E-state index in [1.165, 1.54) is 6.07 Å². The summed E-state index contributed by atoms with van der Waals surface area (Å²) in [6, 6.07) is 3.10. The van der Waals surface area contributed by atoms with E-state index in [1.54, 1.807) is 6.07 Å². The van der Waals surface area contributed by atoms with Crippen molar-refractivity contribution in [3.63, 3.8) is 0 Å². The second-order valence-corrected chi connectivity index (χ2v) is 2.80. The standard InChI is InChI=1S/C8H9ClO2/c1-5-2-7(9)8(11)3-6(5)4-10/h2-3,10-11H,4H2,1H3. The Hall–Kier alpha value is -0.730. The lowest BCUT2D eigenvalue weighted by Crippen LogP contribution is -1.87. The first kappa shape index (κ1) is 8.37. The van der Waals surface area contributed by atoms with Gasteiger partial charge in [-0.25, -0.2) is 0 Å². The zero-order chi connectivity index (χ0) is 8.43. The van der Waals surface area contributed by atoms with Crippen LogP contribution in [-0.2, 0) is 6.61 Å². The Labute approximate surface area is 70.1 Å². The van der Waals surface area contributed by atoms with E-state index in [1.807, 2.05) is 6.92 Å². The van der Waals surface area contributed by atoms with Gasteiger partial charge in [-0.15, -0.1) is 0 Å². The van der Waals surface area contributed by atoms with E-state index in [-0.39, 0.29) is 12.4 Å². The van der Waals surface area contributed by atoms with Gasteiger partial charge in [0.25, 0.3) is 0 Å². The Bertz CT molecular complexity index is 271. The lowest BCUT2D eigenvalue weighted by molar-refractivity contribution is 0.280. The summed E-state index contributed by atoms with van der Waals surface area (Å²) in [6.45, 7) is 1.76. The van der Waals surface area contributed by atoms with Gasteiger partial charge >= 0.3 is 0 Å². The van der Waals surface area contributed by atoms with Crippen molar-refractivity contribution in [1.29, 1.82) is 0 Å². The maximum Gasteiger partial charge on any atom is 0.134 e. The highest BCUT2D eigenvalue weighted by Gasteiger charge is 2.02. The molecule has 0 atom stereocenters. The number of phenols is 1. The van der Waals surface area contributed by atoms with E-state index in [2.05, 4.69) is 0 Å². The fraction of sp³-hybridized carbons (Fsp3) is 0.250. The van der Waals surface area contributed by atoms with Crippen molar-refractivity contribution in [2.24, 2.45) is 0 Å². The number of halogens is 1. The summed E-state index contributed by atoms with van der Waals surface area (Å²) >= 11 is 5.61. The molecule has 2 nitrogen and oxygen atoms in total. The maximum absolute atomic E-state index is 9.11. The van der Waals surface area contributed by atoms with Crippen molar-refractivity contribution in [2.45, 2.75) is 13.5 Å². The number of phenolic OH excluding ortho intramolecular Hbond substituents is 1. The second-order valence-electron chi connectivity index (χ2n) is 2.39. The normalized spacial score (nSPS) is 10.1. The third-order valence-corrected chi connectivity index (χ3v) is 1.88. The average Bonchev–Trinajstić information content (AvgIpc) is 1.97. The van der Waals surface area contributed by atoms with Crippen LogP contribution in [0.2, 0.25) is 5.02 Å². The summed E-state index contributed by atoms with van der Waals surface area (Å²) in [6.07, 6.45) is 0. The molecule has 0 unspecified atom stereocenters. The molecule has 0 spiro atoms. The minimum absolute atomic E-state index is 0.0151. The lowest BCUT2D eigenvalue weighted by atomic mass is 10.1. The Kier molecular flexibility index (Phi) is 2.37. The van der Waals surface area contributed by atoms with E-state index in [4.69, 9.17) is 21.8 Å². The number of hydrogen-bond donors (Lipinski definition) is 2. The Balaban J connectivity index is 3.21. The smallest absolute Gasteiger partial charge is 0.134 e. The molecule has 2 N–H and O–H groups in total. The van der Waals surface area contributed by atoms with Gasteiger partial charge in [-0.2, -0.15) is 0 Å². The molecular formula is C8H9ClO2. The first-order chi connectivity index (χ1) is 5.15. The summed E-state index contributed by atoms with van der Waals surface area (Å²) in [4.78, 5) is 0. The third-order valence-electron chi connectivity index (χ3n) is 1.58. The number of benzene rings is 1. The summed E-state index contributed by atoms with van der Waals surface area (Å²) in [5.74, 6) is 0.0151. The fourth-order valence-electron chi connectivity index (χ4n) is 0.875. The average molecular weight is 173 g/mol. The molecule has 1 rings (SSSR count). The number of rotatable bonds is 1. The molecule has 3 heteroatoms.